The molecule has 0 bridgehead atoms. The van der Waals surface area contributed by atoms with Crippen LogP contribution in [-0.4, -0.2) is 17.9 Å². The summed E-state index contributed by atoms with van der Waals surface area (Å²) in [6.07, 6.45) is 0.576. The predicted octanol–water partition coefficient (Wildman–Crippen LogP) is 5.36. The number of carbonyl (C=O) groups is 2. The second-order valence-electron chi connectivity index (χ2n) is 7.57. The fraction of sp³-hybridized carbons (Fsp3) is 0.200. The third-order valence-electron chi connectivity index (χ3n) is 5.54. The zero-order chi connectivity index (χ0) is 21.3. The molecule has 0 saturated carbocycles. The fourth-order valence-corrected chi connectivity index (χ4v) is 4.27. The molecule has 4 rings (SSSR count). The highest BCUT2D eigenvalue weighted by Crippen LogP contribution is 2.42. The Morgan fingerprint density at radius 1 is 0.967 bits per heavy atom. The molecule has 0 fully saturated rings. The van der Waals surface area contributed by atoms with E-state index in [1.54, 1.807) is 28.9 Å². The average Bonchev–Trinajstić information content (AvgIpc) is 2.74. The van der Waals surface area contributed by atoms with Gasteiger partial charge in [0, 0.05) is 29.9 Å². The van der Waals surface area contributed by atoms with Gasteiger partial charge in [-0.05, 0) is 55.3 Å². The Bertz CT molecular complexity index is 1080. The second kappa shape index (κ2) is 8.11. The van der Waals surface area contributed by atoms with Gasteiger partial charge >= 0.3 is 0 Å². The molecule has 0 unspecified atom stereocenters. The van der Waals surface area contributed by atoms with Crippen molar-refractivity contribution in [2.45, 2.75) is 32.4 Å². The van der Waals surface area contributed by atoms with Crippen LogP contribution in [-0.2, 0) is 4.79 Å². The van der Waals surface area contributed by atoms with Crippen molar-refractivity contribution in [1.29, 1.82) is 0 Å². The van der Waals surface area contributed by atoms with E-state index in [0.717, 1.165) is 16.9 Å². The summed E-state index contributed by atoms with van der Waals surface area (Å²) >= 11 is 0. The number of rotatable bonds is 3. The predicted molar refractivity (Wildman–Crippen MR) is 116 cm³/mol. The molecule has 2 amide bonds. The Balaban J connectivity index is 1.79. The average molecular weight is 402 g/mol. The summed E-state index contributed by atoms with van der Waals surface area (Å²) in [5.41, 5.74) is 2.78. The molecular weight excluding hydrogens is 379 g/mol. The molecule has 3 aromatic rings. The number of carbonyl (C=O) groups excluding carboxylic acids is 2. The number of fused-ring (bicyclic) bond motifs is 1. The van der Waals surface area contributed by atoms with Gasteiger partial charge in [-0.3, -0.25) is 9.59 Å². The van der Waals surface area contributed by atoms with Gasteiger partial charge in [0.05, 0.1) is 6.04 Å². The monoisotopic (exact) mass is 402 g/mol. The molecule has 30 heavy (non-hydrogen) atoms. The zero-order valence-electron chi connectivity index (χ0n) is 17.0. The van der Waals surface area contributed by atoms with Crippen LogP contribution in [0.4, 0.5) is 15.8 Å². The minimum absolute atomic E-state index is 0.0573. The molecule has 1 aliphatic rings. The second-order valence-corrected chi connectivity index (χ2v) is 7.57. The quantitative estimate of drug-likeness (QED) is 0.592. The smallest absolute Gasteiger partial charge is 0.258 e. The summed E-state index contributed by atoms with van der Waals surface area (Å²) in [7, 11) is 0. The van der Waals surface area contributed by atoms with Crippen molar-refractivity contribution in [2.24, 2.45) is 0 Å². The van der Waals surface area contributed by atoms with E-state index in [9.17, 15) is 14.0 Å². The highest BCUT2D eigenvalue weighted by Gasteiger charge is 2.38. The van der Waals surface area contributed by atoms with Gasteiger partial charge in [0.2, 0.25) is 5.91 Å². The molecule has 0 aliphatic carbocycles. The van der Waals surface area contributed by atoms with E-state index in [2.05, 4.69) is 0 Å². The third kappa shape index (κ3) is 3.59. The Kier molecular flexibility index (Phi) is 5.36. The van der Waals surface area contributed by atoms with Gasteiger partial charge in [-0.2, -0.15) is 0 Å². The van der Waals surface area contributed by atoms with Crippen LogP contribution in [0.2, 0.25) is 0 Å². The number of para-hydroxylation sites is 2. The minimum atomic E-state index is -0.441. The first-order valence-corrected chi connectivity index (χ1v) is 10.00. The Labute approximate surface area is 175 Å². The highest BCUT2D eigenvalue weighted by atomic mass is 19.1. The van der Waals surface area contributed by atoms with Crippen LogP contribution in [0.3, 0.4) is 0 Å². The molecule has 0 aromatic heterocycles. The molecule has 3 aromatic carbocycles. The van der Waals surface area contributed by atoms with Crippen molar-refractivity contribution >= 4 is 23.2 Å². The molecule has 4 nitrogen and oxygen atoms in total. The van der Waals surface area contributed by atoms with E-state index < -0.39 is 5.82 Å². The van der Waals surface area contributed by atoms with Crippen LogP contribution < -0.4 is 9.80 Å². The van der Waals surface area contributed by atoms with Crippen molar-refractivity contribution in [2.75, 3.05) is 9.80 Å². The lowest BCUT2D eigenvalue weighted by molar-refractivity contribution is -0.117. The maximum absolute atomic E-state index is 13.7. The van der Waals surface area contributed by atoms with Crippen LogP contribution in [0.25, 0.3) is 0 Å². The lowest BCUT2D eigenvalue weighted by atomic mass is 9.89. The number of hydrogen-bond acceptors (Lipinski definition) is 2. The van der Waals surface area contributed by atoms with Gasteiger partial charge < -0.3 is 9.80 Å². The number of hydrogen-bond donors (Lipinski definition) is 0. The fourth-order valence-electron chi connectivity index (χ4n) is 4.27. The van der Waals surface area contributed by atoms with Crippen molar-refractivity contribution in [3.63, 3.8) is 0 Å². The molecule has 1 aliphatic heterocycles. The maximum Gasteiger partial charge on any atom is 0.258 e. The number of nitrogens with zero attached hydrogens (tertiary/aromatic N) is 2. The number of halogens is 1. The first kappa shape index (κ1) is 19.8. The van der Waals surface area contributed by atoms with Crippen molar-refractivity contribution in [1.82, 2.24) is 0 Å². The van der Waals surface area contributed by atoms with Gasteiger partial charge in [0.15, 0.2) is 0 Å². The number of benzene rings is 3. The summed E-state index contributed by atoms with van der Waals surface area (Å²) in [6, 6.07) is 22.6. The van der Waals surface area contributed by atoms with E-state index in [1.807, 2.05) is 61.5 Å². The molecular formula is C25H23FN2O2. The molecule has 2 atom stereocenters. The summed E-state index contributed by atoms with van der Waals surface area (Å²) < 4.78 is 13.7. The highest BCUT2D eigenvalue weighted by molar-refractivity contribution is 6.07. The summed E-state index contributed by atoms with van der Waals surface area (Å²) in [6.45, 7) is 3.52. The summed E-state index contributed by atoms with van der Waals surface area (Å²) in [5.74, 6) is -0.747. The molecule has 0 spiro atoms. The van der Waals surface area contributed by atoms with Gasteiger partial charge in [-0.25, -0.2) is 4.39 Å². The van der Waals surface area contributed by atoms with Crippen LogP contribution in [0.1, 0.15) is 42.2 Å². The van der Waals surface area contributed by atoms with E-state index in [-0.39, 0.29) is 23.9 Å². The maximum atomic E-state index is 13.7. The SMILES string of the molecule is CC(=O)N(c1ccccc1)[C@H]1C[C@@H](C)N(C(=O)c2cccc(F)c2)c2ccccc21. The van der Waals surface area contributed by atoms with Crippen LogP contribution in [0, 0.1) is 5.82 Å². The van der Waals surface area contributed by atoms with Crippen LogP contribution in [0.15, 0.2) is 78.9 Å². The van der Waals surface area contributed by atoms with Crippen LogP contribution in [0.5, 0.6) is 0 Å². The Morgan fingerprint density at radius 2 is 1.67 bits per heavy atom. The summed E-state index contributed by atoms with van der Waals surface area (Å²) in [5, 5.41) is 0. The first-order valence-electron chi connectivity index (χ1n) is 10.00. The minimum Gasteiger partial charge on any atom is -0.305 e. The standard InChI is InChI=1S/C25H23FN2O2/c1-17-15-24(28(18(2)29)21-11-4-3-5-12-21)22-13-6-7-14-23(22)27(17)25(30)19-9-8-10-20(26)16-19/h3-14,16-17,24H,15H2,1-2H3/t17-,24+/m1/s1. The lowest BCUT2D eigenvalue weighted by Crippen LogP contribution is -2.47. The topological polar surface area (TPSA) is 40.6 Å². The molecule has 5 heteroatoms. The third-order valence-corrected chi connectivity index (χ3v) is 5.54. The first-order chi connectivity index (χ1) is 14.5. The molecule has 0 saturated heterocycles. The van der Waals surface area contributed by atoms with E-state index >= 15 is 0 Å². The van der Waals surface area contributed by atoms with Gasteiger partial charge in [0.25, 0.3) is 5.91 Å². The Morgan fingerprint density at radius 3 is 2.37 bits per heavy atom. The van der Waals surface area contributed by atoms with Crippen molar-refractivity contribution in [3.8, 4) is 0 Å². The molecule has 0 N–H and O–H groups in total. The number of anilines is 2. The Hall–Kier alpha value is -3.47. The number of amides is 2. The van der Waals surface area contributed by atoms with Crippen LogP contribution >= 0.6 is 0 Å². The lowest BCUT2D eigenvalue weighted by Gasteiger charge is -2.43. The largest absolute Gasteiger partial charge is 0.305 e. The zero-order valence-corrected chi connectivity index (χ0v) is 17.0. The normalized spacial score (nSPS) is 17.9. The van der Waals surface area contributed by atoms with Gasteiger partial charge in [-0.15, -0.1) is 0 Å². The summed E-state index contributed by atoms with van der Waals surface area (Å²) in [4.78, 5) is 29.4. The van der Waals surface area contributed by atoms with E-state index in [1.165, 1.54) is 12.1 Å². The molecule has 0 radical (unpaired) electrons. The van der Waals surface area contributed by atoms with E-state index in [4.69, 9.17) is 0 Å². The van der Waals surface area contributed by atoms with Gasteiger partial charge in [-0.1, -0.05) is 42.5 Å². The van der Waals surface area contributed by atoms with E-state index in [0.29, 0.717) is 12.0 Å². The van der Waals surface area contributed by atoms with Gasteiger partial charge in [0.1, 0.15) is 5.82 Å². The molecule has 1 heterocycles. The van der Waals surface area contributed by atoms with Crippen molar-refractivity contribution in [3.05, 3.63) is 95.8 Å². The molecule has 152 valence electrons. The van der Waals surface area contributed by atoms with Crippen molar-refractivity contribution < 1.29 is 14.0 Å².